The molecule has 0 bridgehead atoms. The number of piperidine rings is 1. The Hall–Kier alpha value is -3.42. The molecule has 2 unspecified atom stereocenters. The topological polar surface area (TPSA) is 90.5 Å². The van der Waals surface area contributed by atoms with Crippen molar-refractivity contribution in [2.75, 3.05) is 18.4 Å². The van der Waals surface area contributed by atoms with Crippen LogP contribution in [0, 0.1) is 11.7 Å². The van der Waals surface area contributed by atoms with Gasteiger partial charge in [-0.05, 0) is 49.1 Å². The molecule has 1 aliphatic rings. The molecule has 33 heavy (non-hydrogen) atoms. The Balaban J connectivity index is 1.54. The van der Waals surface area contributed by atoms with E-state index in [9.17, 15) is 18.8 Å². The van der Waals surface area contributed by atoms with Crippen molar-refractivity contribution in [3.8, 4) is 0 Å². The normalized spacial score (nSPS) is 16.5. The summed E-state index contributed by atoms with van der Waals surface area (Å²) in [4.78, 5) is 39.9. The number of hydrogen-bond donors (Lipinski definition) is 3. The van der Waals surface area contributed by atoms with Crippen molar-refractivity contribution >= 4 is 23.5 Å². The van der Waals surface area contributed by atoms with E-state index in [4.69, 9.17) is 0 Å². The van der Waals surface area contributed by atoms with E-state index in [2.05, 4.69) is 16.0 Å². The van der Waals surface area contributed by atoms with Gasteiger partial charge in [0.25, 0.3) is 0 Å². The zero-order valence-corrected chi connectivity index (χ0v) is 18.9. The molecule has 0 radical (unpaired) electrons. The van der Waals surface area contributed by atoms with Crippen LogP contribution < -0.4 is 16.0 Å². The summed E-state index contributed by atoms with van der Waals surface area (Å²) < 4.78 is 13.0. The summed E-state index contributed by atoms with van der Waals surface area (Å²) in [7, 11) is 0. The number of rotatable bonds is 8. The number of nitrogens with zero attached hydrogens (tertiary/aromatic N) is 1. The fourth-order valence-electron chi connectivity index (χ4n) is 3.92. The lowest BCUT2D eigenvalue weighted by Crippen LogP contribution is -2.54. The molecule has 1 aliphatic heterocycles. The lowest BCUT2D eigenvalue weighted by molar-refractivity contribution is -0.136. The monoisotopic (exact) mass is 454 g/mol. The Morgan fingerprint density at radius 2 is 1.82 bits per heavy atom. The van der Waals surface area contributed by atoms with Gasteiger partial charge in [0.1, 0.15) is 11.9 Å². The molecule has 2 atom stereocenters. The predicted molar refractivity (Wildman–Crippen MR) is 125 cm³/mol. The van der Waals surface area contributed by atoms with E-state index in [1.54, 1.807) is 17.0 Å². The van der Waals surface area contributed by atoms with Crippen molar-refractivity contribution in [3.05, 3.63) is 66.0 Å². The third kappa shape index (κ3) is 7.30. The second kappa shape index (κ2) is 12.0. The molecular weight excluding hydrogens is 423 g/mol. The van der Waals surface area contributed by atoms with Gasteiger partial charge in [-0.1, -0.05) is 43.7 Å². The maximum atomic E-state index is 13.2. The molecule has 0 saturated carbocycles. The molecule has 4 amide bonds. The number of halogens is 1. The number of para-hydroxylation sites is 1. The first-order valence-electron chi connectivity index (χ1n) is 11.4. The molecule has 176 valence electrons. The maximum Gasteiger partial charge on any atom is 0.315 e. The SMILES string of the molecule is CCCC(NC(=O)NCc1ccc(F)cc1)C(=O)N1CCCC(C(=O)Nc2ccccc2)C1. The molecule has 7 nitrogen and oxygen atoms in total. The molecule has 8 heteroatoms. The third-order valence-electron chi connectivity index (χ3n) is 5.69. The van der Waals surface area contributed by atoms with E-state index in [0.29, 0.717) is 25.9 Å². The van der Waals surface area contributed by atoms with Gasteiger partial charge in [0, 0.05) is 25.3 Å². The summed E-state index contributed by atoms with van der Waals surface area (Å²) in [6, 6.07) is 14.0. The molecule has 2 aromatic carbocycles. The van der Waals surface area contributed by atoms with Gasteiger partial charge in [-0.25, -0.2) is 9.18 Å². The summed E-state index contributed by atoms with van der Waals surface area (Å²) in [5.74, 6) is -0.909. The van der Waals surface area contributed by atoms with Crippen molar-refractivity contribution in [2.45, 2.75) is 45.2 Å². The lowest BCUT2D eigenvalue weighted by atomic mass is 9.96. The number of anilines is 1. The fourth-order valence-corrected chi connectivity index (χ4v) is 3.92. The molecule has 1 fully saturated rings. The molecule has 1 heterocycles. The molecular formula is C25H31FN4O3. The summed E-state index contributed by atoms with van der Waals surface area (Å²) >= 11 is 0. The highest BCUT2D eigenvalue weighted by Crippen LogP contribution is 2.20. The summed E-state index contributed by atoms with van der Waals surface area (Å²) in [5.41, 5.74) is 1.49. The van der Waals surface area contributed by atoms with Crippen molar-refractivity contribution in [1.82, 2.24) is 15.5 Å². The smallest absolute Gasteiger partial charge is 0.315 e. The average molecular weight is 455 g/mol. The summed E-state index contributed by atoms with van der Waals surface area (Å²) in [5, 5.41) is 8.39. The van der Waals surface area contributed by atoms with Gasteiger partial charge in [0.15, 0.2) is 0 Å². The van der Waals surface area contributed by atoms with Crippen LogP contribution >= 0.6 is 0 Å². The van der Waals surface area contributed by atoms with Crippen LogP contribution in [-0.4, -0.2) is 41.9 Å². The summed E-state index contributed by atoms with van der Waals surface area (Å²) in [6.07, 6.45) is 2.67. The van der Waals surface area contributed by atoms with E-state index in [-0.39, 0.29) is 30.1 Å². The zero-order valence-electron chi connectivity index (χ0n) is 18.9. The van der Waals surface area contributed by atoms with E-state index < -0.39 is 12.1 Å². The van der Waals surface area contributed by atoms with Crippen molar-refractivity contribution in [3.63, 3.8) is 0 Å². The number of nitrogens with one attached hydrogen (secondary N) is 3. The van der Waals surface area contributed by atoms with Gasteiger partial charge in [-0.3, -0.25) is 9.59 Å². The third-order valence-corrected chi connectivity index (χ3v) is 5.69. The van der Waals surface area contributed by atoms with Gasteiger partial charge in [-0.15, -0.1) is 0 Å². The first kappa shape index (κ1) is 24.2. The Morgan fingerprint density at radius 1 is 1.09 bits per heavy atom. The van der Waals surface area contributed by atoms with Crippen LogP contribution in [0.3, 0.4) is 0 Å². The zero-order chi connectivity index (χ0) is 23.6. The number of carbonyl (C=O) groups excluding carboxylic acids is 3. The van der Waals surface area contributed by atoms with Gasteiger partial charge >= 0.3 is 6.03 Å². The van der Waals surface area contributed by atoms with Crippen LogP contribution in [0.1, 0.15) is 38.2 Å². The van der Waals surface area contributed by atoms with E-state index in [1.807, 2.05) is 37.3 Å². The van der Waals surface area contributed by atoms with Crippen LogP contribution in [0.4, 0.5) is 14.9 Å². The molecule has 3 rings (SSSR count). The first-order chi connectivity index (χ1) is 16.0. The second-order valence-corrected chi connectivity index (χ2v) is 8.27. The molecule has 0 aliphatic carbocycles. The van der Waals surface area contributed by atoms with Gasteiger partial charge < -0.3 is 20.9 Å². The number of carbonyl (C=O) groups is 3. The largest absolute Gasteiger partial charge is 0.340 e. The van der Waals surface area contributed by atoms with Crippen LogP contribution in [0.15, 0.2) is 54.6 Å². The maximum absolute atomic E-state index is 13.2. The van der Waals surface area contributed by atoms with Crippen LogP contribution in [0.2, 0.25) is 0 Å². The van der Waals surface area contributed by atoms with Crippen LogP contribution in [-0.2, 0) is 16.1 Å². The molecule has 0 spiro atoms. The molecule has 1 saturated heterocycles. The van der Waals surface area contributed by atoms with E-state index >= 15 is 0 Å². The average Bonchev–Trinajstić information content (AvgIpc) is 2.83. The minimum absolute atomic E-state index is 0.101. The highest BCUT2D eigenvalue weighted by atomic mass is 19.1. The highest BCUT2D eigenvalue weighted by Gasteiger charge is 2.32. The van der Waals surface area contributed by atoms with Gasteiger partial charge in [-0.2, -0.15) is 0 Å². The molecule has 2 aromatic rings. The Bertz CT molecular complexity index is 936. The Labute approximate surface area is 193 Å². The lowest BCUT2D eigenvalue weighted by Gasteiger charge is -2.34. The molecule has 3 N–H and O–H groups in total. The van der Waals surface area contributed by atoms with Crippen LogP contribution in [0.5, 0.6) is 0 Å². The number of benzene rings is 2. The second-order valence-electron chi connectivity index (χ2n) is 8.27. The predicted octanol–water partition coefficient (Wildman–Crippen LogP) is 3.67. The minimum Gasteiger partial charge on any atom is -0.340 e. The van der Waals surface area contributed by atoms with Crippen molar-refractivity contribution in [2.24, 2.45) is 5.92 Å². The van der Waals surface area contributed by atoms with Crippen LogP contribution in [0.25, 0.3) is 0 Å². The first-order valence-corrected chi connectivity index (χ1v) is 11.4. The molecule has 0 aromatic heterocycles. The van der Waals surface area contributed by atoms with E-state index in [1.165, 1.54) is 12.1 Å². The van der Waals surface area contributed by atoms with Crippen molar-refractivity contribution in [1.29, 1.82) is 0 Å². The quantitative estimate of drug-likeness (QED) is 0.568. The fraction of sp³-hybridized carbons (Fsp3) is 0.400. The standard InChI is InChI=1S/C25H31FN4O3/c1-2-7-22(29-25(33)27-16-18-11-13-20(26)14-12-18)24(32)30-15-6-8-19(17-30)23(31)28-21-9-4-3-5-10-21/h3-5,9-14,19,22H,2,6-8,15-17H2,1H3,(H,28,31)(H2,27,29,33). The van der Waals surface area contributed by atoms with Crippen molar-refractivity contribution < 1.29 is 18.8 Å². The Kier molecular flexibility index (Phi) is 8.80. The highest BCUT2D eigenvalue weighted by molar-refractivity contribution is 5.93. The summed E-state index contributed by atoms with van der Waals surface area (Å²) in [6.45, 7) is 3.07. The van der Waals surface area contributed by atoms with Gasteiger partial charge in [0.05, 0.1) is 5.92 Å². The number of likely N-dealkylation sites (tertiary alicyclic amines) is 1. The van der Waals surface area contributed by atoms with Gasteiger partial charge in [0.2, 0.25) is 11.8 Å². The number of urea groups is 1. The minimum atomic E-state index is -0.667. The van der Waals surface area contributed by atoms with E-state index in [0.717, 1.165) is 24.1 Å². The Morgan fingerprint density at radius 3 is 2.52 bits per heavy atom. The number of amides is 4. The number of hydrogen-bond acceptors (Lipinski definition) is 3.